The lowest BCUT2D eigenvalue weighted by atomic mass is 9.97. The molecular weight excluding hydrogens is 762 g/mol. The Morgan fingerprint density at radius 1 is 0.807 bits per heavy atom. The number of sulfonamides is 1. The molecule has 0 fully saturated rings. The predicted octanol–water partition coefficient (Wildman–Crippen LogP) is 10.2. The van der Waals surface area contributed by atoms with Gasteiger partial charge in [-0.1, -0.05) is 151 Å². The number of hydrogen-bond acceptors (Lipinski definition) is 6. The van der Waals surface area contributed by atoms with E-state index in [9.17, 15) is 27.9 Å². The molecule has 1 unspecified atom stereocenters. The van der Waals surface area contributed by atoms with Gasteiger partial charge in [0.05, 0.1) is 38.6 Å². The fraction of sp³-hybridized carbons (Fsp3) is 0.409. The highest BCUT2D eigenvalue weighted by Crippen LogP contribution is 2.36. The number of para-hydroxylation sites is 1. The number of aryl methyl sites for hydroxylation is 1. The standard InChI is InChI=1S/C44H54ClN5O6S/c1-3-4-5-6-7-8-9-10-11-12-13-14-15-21-28-47-57(55,56)34-26-27-36(45)37(29-34)48-43(52)41(50-31-33(30-46-50)44(53)54)42(51)39-35-24-19-20-25-38(35)49(2)40(39)32-22-17-16-18-23-32/h16-20,22-27,29-31,41,47H,3-15,21,28H2,1-2H3,(H,48,52)(H,53,54). The Balaban J connectivity index is 1.26. The number of Topliss-reactive ketones (excluding diaryl/α,β-unsaturated/α-hetero) is 1. The number of fused-ring (bicyclic) bond motifs is 1. The number of benzene rings is 3. The maximum absolute atomic E-state index is 14.8. The predicted molar refractivity (Wildman–Crippen MR) is 226 cm³/mol. The first kappa shape index (κ1) is 43.3. The van der Waals surface area contributed by atoms with Gasteiger partial charge in [0.2, 0.25) is 10.0 Å². The molecule has 13 heteroatoms. The molecule has 0 saturated heterocycles. The van der Waals surface area contributed by atoms with Gasteiger partial charge < -0.3 is 15.0 Å². The van der Waals surface area contributed by atoms with Crippen LogP contribution in [-0.2, 0) is 21.9 Å². The molecule has 1 amide bonds. The summed E-state index contributed by atoms with van der Waals surface area (Å²) in [6.07, 6.45) is 19.0. The van der Waals surface area contributed by atoms with Gasteiger partial charge in [-0.2, -0.15) is 5.10 Å². The van der Waals surface area contributed by atoms with Crippen molar-refractivity contribution in [1.29, 1.82) is 0 Å². The summed E-state index contributed by atoms with van der Waals surface area (Å²) in [6, 6.07) is 18.8. The molecule has 304 valence electrons. The van der Waals surface area contributed by atoms with Gasteiger partial charge in [-0.25, -0.2) is 17.9 Å². The largest absolute Gasteiger partial charge is 0.478 e. The number of hydrogen-bond donors (Lipinski definition) is 3. The molecule has 0 spiro atoms. The van der Waals surface area contributed by atoms with Gasteiger partial charge in [0, 0.05) is 30.7 Å². The number of carboxylic acids is 1. The molecule has 5 rings (SSSR count). The van der Waals surface area contributed by atoms with Crippen molar-refractivity contribution >= 4 is 55.9 Å². The Labute approximate surface area is 340 Å². The number of nitrogens with one attached hydrogen (secondary N) is 2. The molecule has 0 saturated carbocycles. The van der Waals surface area contributed by atoms with Crippen molar-refractivity contribution in [2.45, 2.75) is 108 Å². The zero-order valence-electron chi connectivity index (χ0n) is 32.9. The molecular formula is C44H54ClN5O6S. The molecule has 3 aromatic carbocycles. The number of unbranched alkanes of at least 4 members (excludes halogenated alkanes) is 13. The van der Waals surface area contributed by atoms with Crippen LogP contribution >= 0.6 is 11.6 Å². The summed E-state index contributed by atoms with van der Waals surface area (Å²) in [4.78, 5) is 40.8. The van der Waals surface area contributed by atoms with Gasteiger partial charge in [-0.3, -0.25) is 14.3 Å². The number of carbonyl (C=O) groups is 3. The zero-order valence-corrected chi connectivity index (χ0v) is 34.5. The first-order valence-corrected chi connectivity index (χ1v) is 21.9. The highest BCUT2D eigenvalue weighted by molar-refractivity contribution is 7.89. The molecule has 0 aliphatic carbocycles. The molecule has 11 nitrogen and oxygen atoms in total. The van der Waals surface area contributed by atoms with Crippen LogP contribution in [0.5, 0.6) is 0 Å². The second-order valence-corrected chi connectivity index (χ2v) is 16.7. The van der Waals surface area contributed by atoms with Crippen molar-refractivity contribution in [2.24, 2.45) is 7.05 Å². The van der Waals surface area contributed by atoms with Gasteiger partial charge in [0.1, 0.15) is 0 Å². The lowest BCUT2D eigenvalue weighted by molar-refractivity contribution is -0.118. The van der Waals surface area contributed by atoms with E-state index >= 15 is 0 Å². The topological polar surface area (TPSA) is 152 Å². The van der Waals surface area contributed by atoms with E-state index in [1.807, 2.05) is 54.1 Å². The van der Waals surface area contributed by atoms with Crippen LogP contribution in [0.15, 0.2) is 90.1 Å². The number of ketones is 1. The minimum Gasteiger partial charge on any atom is -0.478 e. The van der Waals surface area contributed by atoms with Crippen LogP contribution < -0.4 is 10.0 Å². The SMILES string of the molecule is CCCCCCCCCCCCCCCCNS(=O)(=O)c1ccc(Cl)c(NC(=O)C(C(=O)c2c(-c3ccccc3)n(C)c3ccccc23)n2cc(C(=O)O)cn2)c1. The Bertz CT molecular complexity index is 2230. The summed E-state index contributed by atoms with van der Waals surface area (Å²) in [5.41, 5.74) is 2.01. The average Bonchev–Trinajstić information content (AvgIpc) is 3.80. The second kappa shape index (κ2) is 21.1. The van der Waals surface area contributed by atoms with Gasteiger partial charge >= 0.3 is 5.97 Å². The van der Waals surface area contributed by atoms with E-state index in [1.165, 1.54) is 82.4 Å². The number of carboxylic acid groups (broad SMARTS) is 1. The summed E-state index contributed by atoms with van der Waals surface area (Å²) in [7, 11) is -2.14. The lowest BCUT2D eigenvalue weighted by Gasteiger charge is -2.19. The molecule has 57 heavy (non-hydrogen) atoms. The zero-order chi connectivity index (χ0) is 40.8. The average molecular weight is 816 g/mol. The third-order valence-corrected chi connectivity index (χ3v) is 12.1. The molecule has 3 N–H and O–H groups in total. The number of amides is 1. The van der Waals surface area contributed by atoms with Crippen molar-refractivity contribution in [2.75, 3.05) is 11.9 Å². The van der Waals surface area contributed by atoms with Crippen molar-refractivity contribution < 1.29 is 27.9 Å². The number of anilines is 1. The number of aromatic carboxylic acids is 1. The van der Waals surface area contributed by atoms with Crippen molar-refractivity contribution in [3.05, 3.63) is 101 Å². The third kappa shape index (κ3) is 11.4. The smallest absolute Gasteiger partial charge is 0.338 e. The highest BCUT2D eigenvalue weighted by atomic mass is 35.5. The maximum Gasteiger partial charge on any atom is 0.338 e. The quantitative estimate of drug-likeness (QED) is 0.0318. The summed E-state index contributed by atoms with van der Waals surface area (Å²) < 4.78 is 32.2. The fourth-order valence-electron chi connectivity index (χ4n) is 7.24. The molecule has 1 atom stereocenters. The van der Waals surface area contributed by atoms with Crippen LogP contribution in [0.25, 0.3) is 22.2 Å². The van der Waals surface area contributed by atoms with Gasteiger partial charge in [-0.05, 0) is 36.2 Å². The minimum absolute atomic E-state index is 0.0364. The van der Waals surface area contributed by atoms with Crippen molar-refractivity contribution in [1.82, 2.24) is 19.1 Å². The van der Waals surface area contributed by atoms with Crippen molar-refractivity contribution in [3.63, 3.8) is 0 Å². The number of rotatable bonds is 24. The Morgan fingerprint density at radius 3 is 2.02 bits per heavy atom. The van der Waals surface area contributed by atoms with E-state index < -0.39 is 33.7 Å². The molecule has 5 aromatic rings. The van der Waals surface area contributed by atoms with E-state index in [4.69, 9.17) is 11.6 Å². The minimum atomic E-state index is -3.96. The van der Waals surface area contributed by atoms with Gasteiger partial charge in [0.25, 0.3) is 5.91 Å². The van der Waals surface area contributed by atoms with Crippen LogP contribution in [0.1, 0.15) is 124 Å². The first-order valence-electron chi connectivity index (χ1n) is 20.1. The summed E-state index contributed by atoms with van der Waals surface area (Å²) >= 11 is 6.50. The van der Waals surface area contributed by atoms with E-state index in [2.05, 4.69) is 22.1 Å². The Hall–Kier alpha value is -4.78. The van der Waals surface area contributed by atoms with Crippen molar-refractivity contribution in [3.8, 4) is 11.3 Å². The van der Waals surface area contributed by atoms with Gasteiger partial charge in [0.15, 0.2) is 11.8 Å². The van der Waals surface area contributed by atoms with Crippen LogP contribution in [0.2, 0.25) is 5.02 Å². The van der Waals surface area contributed by atoms with Crippen LogP contribution in [-0.4, -0.2) is 52.1 Å². The lowest BCUT2D eigenvalue weighted by Crippen LogP contribution is -2.33. The van der Waals surface area contributed by atoms with E-state index in [0.29, 0.717) is 17.5 Å². The Morgan fingerprint density at radius 2 is 1.40 bits per heavy atom. The molecule has 0 aliphatic heterocycles. The monoisotopic (exact) mass is 815 g/mol. The molecule has 0 radical (unpaired) electrons. The maximum atomic E-state index is 14.8. The molecule has 2 heterocycles. The number of halogens is 1. The number of nitrogens with zero attached hydrogens (tertiary/aromatic N) is 3. The number of aromatic nitrogens is 3. The highest BCUT2D eigenvalue weighted by Gasteiger charge is 2.36. The van der Waals surface area contributed by atoms with E-state index in [-0.39, 0.29) is 33.3 Å². The van der Waals surface area contributed by atoms with Crippen LogP contribution in [0.3, 0.4) is 0 Å². The Kier molecular flexibility index (Phi) is 16.1. The molecule has 0 bridgehead atoms. The number of carbonyl (C=O) groups excluding carboxylic acids is 2. The van der Waals surface area contributed by atoms with E-state index in [0.717, 1.165) is 47.4 Å². The molecule has 0 aliphatic rings. The summed E-state index contributed by atoms with van der Waals surface area (Å²) in [5, 5.41) is 17.0. The summed E-state index contributed by atoms with van der Waals surface area (Å²) in [6.45, 7) is 2.51. The third-order valence-electron chi connectivity index (χ3n) is 10.3. The van der Waals surface area contributed by atoms with Gasteiger partial charge in [-0.15, -0.1) is 0 Å². The normalized spacial score (nSPS) is 12.2. The van der Waals surface area contributed by atoms with E-state index in [1.54, 1.807) is 12.1 Å². The first-order chi connectivity index (χ1) is 27.5. The molecule has 2 aromatic heterocycles. The van der Waals surface area contributed by atoms with Crippen LogP contribution in [0, 0.1) is 0 Å². The second-order valence-electron chi connectivity index (χ2n) is 14.6. The summed E-state index contributed by atoms with van der Waals surface area (Å²) in [5.74, 6) is -2.83. The van der Waals surface area contributed by atoms with Crippen LogP contribution in [0.4, 0.5) is 5.69 Å². The fourth-order valence-corrected chi connectivity index (χ4v) is 8.50.